The van der Waals surface area contributed by atoms with Crippen molar-refractivity contribution in [3.8, 4) is 0 Å². The summed E-state index contributed by atoms with van der Waals surface area (Å²) in [5.41, 5.74) is 0. The summed E-state index contributed by atoms with van der Waals surface area (Å²) >= 11 is 0. The maximum Gasteiger partial charge on any atom is 2.00 e. The Labute approximate surface area is 97.5 Å². The first-order chi connectivity index (χ1) is 4.00. The molecule has 0 fully saturated rings. The second-order valence-corrected chi connectivity index (χ2v) is 0. The average molecular weight is 206 g/mol. The molecule has 0 saturated carbocycles. The first-order valence-electron chi connectivity index (χ1n) is 2.83. The van der Waals surface area contributed by atoms with Crippen LogP contribution in [0.25, 0.3) is 0 Å². The maximum atomic E-state index is 3.25. The van der Waals surface area contributed by atoms with Crippen molar-refractivity contribution >= 4 is 23.1 Å². The predicted molar refractivity (Wildman–Crippen MR) is 49.9 cm³/mol. The van der Waals surface area contributed by atoms with Crippen LogP contribution in [0, 0.1) is 27.7 Å². The van der Waals surface area contributed by atoms with E-state index in [1.165, 1.54) is 0 Å². The van der Waals surface area contributed by atoms with Crippen LogP contribution in [-0.4, -0.2) is 23.1 Å². The van der Waals surface area contributed by atoms with Crippen LogP contribution in [0.2, 0.25) is 0 Å². The van der Waals surface area contributed by atoms with E-state index in [1.807, 2.05) is 0 Å². The van der Waals surface area contributed by atoms with Crippen molar-refractivity contribution in [2.75, 3.05) is 0 Å². The van der Waals surface area contributed by atoms with Crippen molar-refractivity contribution in [1.29, 1.82) is 0 Å². The summed E-state index contributed by atoms with van der Waals surface area (Å²) in [5, 5.41) is 0. The molecule has 10 heavy (non-hydrogen) atoms. The molecule has 0 aromatic heterocycles. The van der Waals surface area contributed by atoms with E-state index < -0.39 is 0 Å². The van der Waals surface area contributed by atoms with Crippen LogP contribution >= 0.6 is 0 Å². The van der Waals surface area contributed by atoms with Gasteiger partial charge >= 0.3 is 42.5 Å². The predicted octanol–water partition coefficient (Wildman–Crippen LogP) is 2.98. The summed E-state index contributed by atoms with van der Waals surface area (Å²) in [4.78, 5) is 0. The Morgan fingerprint density at radius 2 is 0.500 bits per heavy atom. The Bertz CT molecular complexity index is 9.22. The van der Waals surface area contributed by atoms with E-state index in [9.17, 15) is 0 Å². The molecule has 0 aliphatic heterocycles. The molecule has 0 aromatic carbocycles. The van der Waals surface area contributed by atoms with Crippen molar-refractivity contribution < 1.29 is 19.5 Å². The zero-order chi connectivity index (χ0) is 8.00. The van der Waals surface area contributed by atoms with E-state index in [2.05, 4.69) is 27.7 Å². The Hall–Kier alpha value is 1.39. The molecule has 0 nitrogen and oxygen atoms in total. The largest absolute Gasteiger partial charge is 2.00 e. The minimum absolute atomic E-state index is 0. The van der Waals surface area contributed by atoms with Crippen molar-refractivity contribution in [2.24, 2.45) is 0 Å². The minimum atomic E-state index is 0. The summed E-state index contributed by atoms with van der Waals surface area (Å²) in [6, 6.07) is 0. The van der Waals surface area contributed by atoms with Gasteiger partial charge in [0.25, 0.3) is 0 Å². The molecule has 2 heteroatoms. The molecule has 0 aromatic rings. The normalized spacial score (nSPS) is 2.40. The number of rotatable bonds is 0. The van der Waals surface area contributed by atoms with E-state index in [4.69, 9.17) is 0 Å². The van der Waals surface area contributed by atoms with Crippen molar-refractivity contribution in [3.63, 3.8) is 0 Å². The van der Waals surface area contributed by atoms with Crippen LogP contribution < -0.4 is 0 Å². The molecule has 0 radical (unpaired) electrons. The van der Waals surface area contributed by atoms with Crippen molar-refractivity contribution in [3.05, 3.63) is 27.7 Å². The van der Waals surface area contributed by atoms with E-state index in [-0.39, 0.29) is 42.5 Å². The topological polar surface area (TPSA) is 0 Å². The smallest absolute Gasteiger partial charge is 0.346 e. The van der Waals surface area contributed by atoms with Gasteiger partial charge in [-0.25, -0.2) is 0 Å². The van der Waals surface area contributed by atoms with Gasteiger partial charge in [0, 0.05) is 0 Å². The van der Waals surface area contributed by atoms with Gasteiger partial charge < -0.3 is 27.7 Å². The molecule has 0 saturated heterocycles. The van der Waals surface area contributed by atoms with Gasteiger partial charge in [0.2, 0.25) is 0 Å². The Balaban J connectivity index is -0.00000000500. The van der Waals surface area contributed by atoms with Gasteiger partial charge in [-0.1, -0.05) is 0 Å². The molecule has 56 valence electrons. The summed E-state index contributed by atoms with van der Waals surface area (Å²) in [6.45, 7) is 20.0. The molecule has 0 aliphatic rings. The van der Waals surface area contributed by atoms with Crippen LogP contribution in [0.5, 0.6) is 0 Å². The van der Waals surface area contributed by atoms with E-state index in [0.29, 0.717) is 0 Å². The molecule has 0 bridgehead atoms. The van der Waals surface area contributed by atoms with Crippen LogP contribution in [0.15, 0.2) is 0 Å². The van der Waals surface area contributed by atoms with Gasteiger partial charge in [0.15, 0.2) is 0 Å². The molecular formula is C8H20MgZn. The van der Waals surface area contributed by atoms with Gasteiger partial charge in [0.05, 0.1) is 0 Å². The van der Waals surface area contributed by atoms with Gasteiger partial charge in [-0.05, 0) is 0 Å². The van der Waals surface area contributed by atoms with Crippen LogP contribution in [0.3, 0.4) is 0 Å². The summed E-state index contributed by atoms with van der Waals surface area (Å²) in [5.74, 6) is 0. The quantitative estimate of drug-likeness (QED) is 0.422. The number of hydrogen-bond donors (Lipinski definition) is 0. The van der Waals surface area contributed by atoms with Gasteiger partial charge in [-0.15, -0.1) is 0 Å². The summed E-state index contributed by atoms with van der Waals surface area (Å²) in [6.07, 6.45) is 0. The molecule has 0 rings (SSSR count). The fourth-order valence-corrected chi connectivity index (χ4v) is 0. The van der Waals surface area contributed by atoms with Crippen molar-refractivity contribution in [1.82, 2.24) is 0 Å². The minimum Gasteiger partial charge on any atom is -0.346 e. The SMILES string of the molecule is [CH2-]C.[CH2-]C.[CH2-]C.[CH2-]C.[Mg+2].[Zn+2]. The average Bonchev–Trinajstić information content (AvgIpc) is 2.03. The van der Waals surface area contributed by atoms with Gasteiger partial charge in [-0.2, -0.15) is 27.7 Å². The zero-order valence-corrected chi connectivity index (χ0v) is 12.6. The van der Waals surface area contributed by atoms with Gasteiger partial charge in [0.1, 0.15) is 0 Å². The number of hydrogen-bond acceptors (Lipinski definition) is 0. The summed E-state index contributed by atoms with van der Waals surface area (Å²) < 4.78 is 0. The van der Waals surface area contributed by atoms with E-state index in [0.717, 1.165) is 0 Å². The Morgan fingerprint density at radius 1 is 0.500 bits per heavy atom. The first kappa shape index (κ1) is 42.3. The van der Waals surface area contributed by atoms with Gasteiger partial charge in [-0.3, -0.25) is 0 Å². The molecule has 0 spiro atoms. The Kier molecular flexibility index (Phi) is 2010. The molecule has 0 amide bonds. The van der Waals surface area contributed by atoms with E-state index >= 15 is 0 Å². The first-order valence-corrected chi connectivity index (χ1v) is 2.83. The van der Waals surface area contributed by atoms with Crippen LogP contribution in [0.1, 0.15) is 27.7 Å². The third-order valence-corrected chi connectivity index (χ3v) is 0. The third-order valence-electron chi connectivity index (χ3n) is 0. The fourth-order valence-electron chi connectivity index (χ4n) is 0. The molecule has 0 aliphatic carbocycles. The second kappa shape index (κ2) is 474. The van der Waals surface area contributed by atoms with E-state index in [1.54, 1.807) is 27.7 Å². The zero-order valence-electron chi connectivity index (χ0n) is 8.24. The Morgan fingerprint density at radius 3 is 0.500 bits per heavy atom. The monoisotopic (exact) mass is 204 g/mol. The standard InChI is InChI=1S/4C2H5.Mg.Zn/c4*1-2;;/h4*1H2,2H3;;/q4*-1;2*+2. The third kappa shape index (κ3) is 342. The van der Waals surface area contributed by atoms with Crippen molar-refractivity contribution in [2.45, 2.75) is 27.7 Å². The maximum absolute atomic E-state index is 3.25. The van der Waals surface area contributed by atoms with Crippen LogP contribution in [-0.2, 0) is 19.5 Å². The summed E-state index contributed by atoms with van der Waals surface area (Å²) in [7, 11) is 0. The fraction of sp³-hybridized carbons (Fsp3) is 0.500. The molecular weight excluding hydrogens is 186 g/mol. The molecule has 0 N–H and O–H groups in total. The van der Waals surface area contributed by atoms with Crippen LogP contribution in [0.4, 0.5) is 0 Å². The molecule has 0 atom stereocenters. The second-order valence-electron chi connectivity index (χ2n) is 0. The molecule has 0 unspecified atom stereocenters. The molecule has 0 heterocycles.